The number of aliphatic carboxylic acids is 1. The number of hydrogen-bond donors (Lipinski definition) is 3. The SMILES string of the molecule is CCOc1cc([C@@H](Nc2ccc3c(N)nccc3c2)C(=O)N2CCC(C(=O)O)C2c2ccccc2S(=O)(=O)CC)ccc1F. The van der Waals surface area contributed by atoms with Gasteiger partial charge >= 0.3 is 5.97 Å². The highest BCUT2D eigenvalue weighted by molar-refractivity contribution is 7.91. The maximum atomic E-state index is 14.6. The Bertz CT molecular complexity index is 1830. The van der Waals surface area contributed by atoms with E-state index in [1.54, 1.807) is 55.6 Å². The predicted molar refractivity (Wildman–Crippen MR) is 164 cm³/mol. The van der Waals surface area contributed by atoms with E-state index in [0.717, 1.165) is 10.8 Å². The Hall–Kier alpha value is -4.71. The van der Waals surface area contributed by atoms with Gasteiger partial charge < -0.3 is 25.8 Å². The lowest BCUT2D eigenvalue weighted by Gasteiger charge is -2.32. The summed E-state index contributed by atoms with van der Waals surface area (Å²) >= 11 is 0. The Kier molecular flexibility index (Phi) is 8.73. The van der Waals surface area contributed by atoms with Gasteiger partial charge in [-0.25, -0.2) is 17.8 Å². The average Bonchev–Trinajstić information content (AvgIpc) is 3.47. The van der Waals surface area contributed by atoms with E-state index in [0.29, 0.717) is 17.1 Å². The molecule has 0 saturated carbocycles. The van der Waals surface area contributed by atoms with Crippen LogP contribution < -0.4 is 15.8 Å². The Balaban J connectivity index is 1.62. The third-order valence-corrected chi connectivity index (χ3v) is 9.69. The van der Waals surface area contributed by atoms with Gasteiger partial charge in [0.1, 0.15) is 11.9 Å². The summed E-state index contributed by atoms with van der Waals surface area (Å²) in [7, 11) is -3.75. The lowest BCUT2D eigenvalue weighted by Crippen LogP contribution is -2.39. The highest BCUT2D eigenvalue weighted by Crippen LogP contribution is 2.42. The van der Waals surface area contributed by atoms with Crippen LogP contribution in [0.2, 0.25) is 0 Å². The molecule has 1 aliphatic heterocycles. The zero-order valence-corrected chi connectivity index (χ0v) is 25.1. The van der Waals surface area contributed by atoms with E-state index in [9.17, 15) is 27.5 Å². The van der Waals surface area contributed by atoms with Gasteiger partial charge in [-0.05, 0) is 72.3 Å². The van der Waals surface area contributed by atoms with Gasteiger partial charge in [0.25, 0.3) is 0 Å². The van der Waals surface area contributed by atoms with Crippen LogP contribution in [0, 0.1) is 11.7 Å². The molecule has 0 aliphatic carbocycles. The van der Waals surface area contributed by atoms with Crippen LogP contribution in [0.5, 0.6) is 5.75 Å². The first-order chi connectivity index (χ1) is 21.1. The van der Waals surface area contributed by atoms with Crippen LogP contribution in [0.15, 0.2) is 77.8 Å². The van der Waals surface area contributed by atoms with Gasteiger partial charge in [-0.3, -0.25) is 9.59 Å². The Morgan fingerprint density at radius 2 is 1.91 bits per heavy atom. The van der Waals surface area contributed by atoms with E-state index in [1.807, 2.05) is 0 Å². The van der Waals surface area contributed by atoms with Crippen LogP contribution in [-0.4, -0.2) is 54.2 Å². The molecule has 1 aromatic heterocycles. The molecule has 10 nitrogen and oxygen atoms in total. The summed E-state index contributed by atoms with van der Waals surface area (Å²) in [5, 5.41) is 14.9. The molecule has 0 spiro atoms. The second-order valence-corrected chi connectivity index (χ2v) is 12.7. The van der Waals surface area contributed by atoms with Gasteiger partial charge in [-0.2, -0.15) is 0 Å². The second kappa shape index (κ2) is 12.5. The van der Waals surface area contributed by atoms with Gasteiger partial charge in [0.05, 0.1) is 29.2 Å². The van der Waals surface area contributed by atoms with Gasteiger partial charge in [-0.15, -0.1) is 0 Å². The van der Waals surface area contributed by atoms with Crippen molar-refractivity contribution in [2.75, 3.05) is 30.0 Å². The molecule has 2 heterocycles. The summed E-state index contributed by atoms with van der Waals surface area (Å²) in [4.78, 5) is 32.5. The average molecular weight is 621 g/mol. The quantitative estimate of drug-likeness (QED) is 0.223. The predicted octanol–water partition coefficient (Wildman–Crippen LogP) is 4.98. The largest absolute Gasteiger partial charge is 0.491 e. The van der Waals surface area contributed by atoms with Gasteiger partial charge in [0.15, 0.2) is 21.4 Å². The van der Waals surface area contributed by atoms with Crippen molar-refractivity contribution in [1.29, 1.82) is 0 Å². The number of nitrogen functional groups attached to an aromatic ring is 1. The molecule has 0 bridgehead atoms. The fraction of sp³-hybridized carbons (Fsp3) is 0.281. The minimum atomic E-state index is -3.75. The van der Waals surface area contributed by atoms with Crippen molar-refractivity contribution in [1.82, 2.24) is 9.88 Å². The topological polar surface area (TPSA) is 152 Å². The van der Waals surface area contributed by atoms with Crippen molar-refractivity contribution in [2.24, 2.45) is 5.92 Å². The van der Waals surface area contributed by atoms with Crippen LogP contribution in [0.1, 0.15) is 43.5 Å². The molecule has 4 N–H and O–H groups in total. The number of carboxylic acid groups (broad SMARTS) is 1. The van der Waals surface area contributed by atoms with Crippen LogP contribution in [0.25, 0.3) is 10.8 Å². The number of hydrogen-bond acceptors (Lipinski definition) is 8. The van der Waals surface area contributed by atoms with Crippen molar-refractivity contribution in [3.8, 4) is 5.75 Å². The number of nitrogens with two attached hydrogens (primary N) is 1. The number of nitrogens with one attached hydrogen (secondary N) is 1. The number of carbonyl (C=O) groups is 2. The van der Waals surface area contributed by atoms with Crippen LogP contribution in [-0.2, 0) is 19.4 Å². The number of pyridine rings is 1. The molecule has 0 radical (unpaired) electrons. The molecule has 12 heteroatoms. The molecular weight excluding hydrogens is 587 g/mol. The van der Waals surface area contributed by atoms with E-state index in [1.165, 1.54) is 36.1 Å². The number of rotatable bonds is 10. The molecule has 4 aromatic rings. The molecular formula is C32H33FN4O6S. The summed E-state index contributed by atoms with van der Waals surface area (Å²) in [6.45, 7) is 3.49. The van der Waals surface area contributed by atoms with Crippen molar-refractivity contribution in [3.05, 3.63) is 89.9 Å². The minimum absolute atomic E-state index is 0.0101. The first-order valence-electron chi connectivity index (χ1n) is 14.2. The van der Waals surface area contributed by atoms with E-state index in [-0.39, 0.29) is 41.5 Å². The number of likely N-dealkylation sites (tertiary alicyclic amines) is 1. The number of aromatic nitrogens is 1. The van der Waals surface area contributed by atoms with Crippen LogP contribution in [0.4, 0.5) is 15.9 Å². The molecule has 1 fully saturated rings. The van der Waals surface area contributed by atoms with Crippen molar-refractivity contribution in [2.45, 2.75) is 37.2 Å². The molecule has 1 saturated heterocycles. The number of carbonyl (C=O) groups excluding carboxylic acids is 1. The maximum Gasteiger partial charge on any atom is 0.309 e. The fourth-order valence-electron chi connectivity index (χ4n) is 5.72. The number of ether oxygens (including phenoxy) is 1. The first-order valence-corrected chi connectivity index (χ1v) is 15.9. The molecule has 3 aromatic carbocycles. The van der Waals surface area contributed by atoms with Crippen LogP contribution in [0.3, 0.4) is 0 Å². The number of sulfone groups is 1. The van der Waals surface area contributed by atoms with Gasteiger partial charge in [0, 0.05) is 23.8 Å². The monoisotopic (exact) mass is 620 g/mol. The smallest absolute Gasteiger partial charge is 0.309 e. The van der Waals surface area contributed by atoms with Gasteiger partial charge in [0.2, 0.25) is 5.91 Å². The number of halogens is 1. The fourth-order valence-corrected chi connectivity index (χ4v) is 6.87. The zero-order valence-electron chi connectivity index (χ0n) is 24.2. The third kappa shape index (κ3) is 5.89. The first kappa shape index (κ1) is 30.7. The summed E-state index contributed by atoms with van der Waals surface area (Å²) in [5.41, 5.74) is 7.18. The second-order valence-electron chi connectivity index (χ2n) is 10.5. The zero-order chi connectivity index (χ0) is 31.6. The van der Waals surface area contributed by atoms with Crippen molar-refractivity contribution >= 4 is 44.0 Å². The lowest BCUT2D eigenvalue weighted by atomic mass is 9.93. The Labute approximate surface area is 254 Å². The summed E-state index contributed by atoms with van der Waals surface area (Å²) in [5.74, 6) is -3.17. The van der Waals surface area contributed by atoms with E-state index >= 15 is 0 Å². The van der Waals surface area contributed by atoms with E-state index in [2.05, 4.69) is 10.3 Å². The van der Waals surface area contributed by atoms with Gasteiger partial charge in [-0.1, -0.05) is 31.2 Å². The molecule has 1 amide bonds. The number of carboxylic acids is 1. The molecule has 44 heavy (non-hydrogen) atoms. The Morgan fingerprint density at radius 1 is 1.14 bits per heavy atom. The third-order valence-electron chi connectivity index (χ3n) is 7.89. The maximum absolute atomic E-state index is 14.6. The number of anilines is 2. The normalized spacial score (nSPS) is 17.4. The molecule has 230 valence electrons. The molecule has 2 unspecified atom stereocenters. The number of benzene rings is 3. The standard InChI is InChI=1S/C32H33FN4O6S/c1-3-43-26-18-20(9-12-25(26)33)28(36-21-10-11-22-19(17-21)13-15-35-30(22)34)31(38)37-16-14-24(32(39)40)29(37)23-7-5-6-8-27(23)44(41,42)4-2/h5-13,15,17-18,24,28-29,36H,3-4,14,16H2,1-2H3,(H2,34,35)(H,39,40)/t24?,28-,29?/m1/s1. The van der Waals surface area contributed by atoms with Crippen LogP contribution >= 0.6 is 0 Å². The highest BCUT2D eigenvalue weighted by Gasteiger charge is 2.45. The lowest BCUT2D eigenvalue weighted by molar-refractivity contribution is -0.143. The molecule has 1 aliphatic rings. The summed E-state index contributed by atoms with van der Waals surface area (Å²) < 4.78 is 46.2. The van der Waals surface area contributed by atoms with Crippen molar-refractivity contribution < 1.29 is 32.2 Å². The van der Waals surface area contributed by atoms with E-state index in [4.69, 9.17) is 10.5 Å². The van der Waals surface area contributed by atoms with E-state index < -0.39 is 45.5 Å². The Morgan fingerprint density at radius 3 is 2.64 bits per heavy atom. The van der Waals surface area contributed by atoms with Crippen molar-refractivity contribution in [3.63, 3.8) is 0 Å². The number of fused-ring (bicyclic) bond motifs is 1. The number of nitrogens with zero attached hydrogens (tertiary/aromatic N) is 2. The summed E-state index contributed by atoms with van der Waals surface area (Å²) in [6, 6.07) is 15.2. The minimum Gasteiger partial charge on any atom is -0.491 e. The summed E-state index contributed by atoms with van der Waals surface area (Å²) in [6.07, 6.45) is 1.69. The molecule has 5 rings (SSSR count). The molecule has 3 atom stereocenters. The number of amides is 1. The highest BCUT2D eigenvalue weighted by atomic mass is 32.2.